The van der Waals surface area contributed by atoms with E-state index in [-0.39, 0.29) is 11.0 Å². The van der Waals surface area contributed by atoms with Gasteiger partial charge in [-0.1, -0.05) is 60.3 Å². The largest absolute Gasteiger partial charge is 0.298 e. The molecule has 0 aliphatic heterocycles. The van der Waals surface area contributed by atoms with Gasteiger partial charge in [-0.25, -0.2) is 0 Å². The molecule has 2 aromatic carbocycles. The van der Waals surface area contributed by atoms with Gasteiger partial charge in [0.05, 0.1) is 5.25 Å². The van der Waals surface area contributed by atoms with E-state index in [1.807, 2.05) is 54.0 Å². The van der Waals surface area contributed by atoms with Crippen molar-refractivity contribution in [2.45, 2.75) is 43.1 Å². The van der Waals surface area contributed by atoms with Crippen LogP contribution in [0.3, 0.4) is 0 Å². The molecular formula is C23H23N3OS. The number of benzene rings is 2. The summed E-state index contributed by atoms with van der Waals surface area (Å²) in [5.74, 6) is 0.925. The van der Waals surface area contributed by atoms with Crippen molar-refractivity contribution in [2.75, 3.05) is 0 Å². The summed E-state index contributed by atoms with van der Waals surface area (Å²) >= 11 is 1.45. The van der Waals surface area contributed by atoms with Crippen molar-refractivity contribution in [1.29, 1.82) is 0 Å². The monoisotopic (exact) mass is 389 g/mol. The summed E-state index contributed by atoms with van der Waals surface area (Å²) in [6, 6.07) is 16.1. The van der Waals surface area contributed by atoms with Gasteiger partial charge >= 0.3 is 0 Å². The van der Waals surface area contributed by atoms with Crippen LogP contribution in [0.5, 0.6) is 0 Å². The highest BCUT2D eigenvalue weighted by atomic mass is 32.2. The number of fused-ring (bicyclic) bond motifs is 1. The number of aromatic nitrogens is 3. The molecule has 0 N–H and O–H groups in total. The molecular weight excluding hydrogens is 366 g/mol. The highest BCUT2D eigenvalue weighted by Gasteiger charge is 2.22. The fourth-order valence-electron chi connectivity index (χ4n) is 3.64. The van der Waals surface area contributed by atoms with Crippen LogP contribution in [0, 0.1) is 0 Å². The second-order valence-corrected chi connectivity index (χ2v) is 8.34. The SMILES string of the molecule is C=CCn1c(SC(C)C(=O)c2ccc3c(c2)CCC3)nnc1-c1ccccc1. The van der Waals surface area contributed by atoms with E-state index in [0.29, 0.717) is 6.54 Å². The molecule has 0 spiro atoms. The number of rotatable bonds is 7. The summed E-state index contributed by atoms with van der Waals surface area (Å²) in [6.07, 6.45) is 5.21. The minimum Gasteiger partial charge on any atom is -0.298 e. The molecule has 1 aromatic heterocycles. The van der Waals surface area contributed by atoms with Crippen LogP contribution in [-0.4, -0.2) is 25.8 Å². The number of Topliss-reactive ketones (excluding diaryl/α,β-unsaturated/α-hetero) is 1. The van der Waals surface area contributed by atoms with Gasteiger partial charge in [0.1, 0.15) is 0 Å². The first-order valence-electron chi connectivity index (χ1n) is 9.59. The Kier molecular flexibility index (Phi) is 5.44. The van der Waals surface area contributed by atoms with Crippen molar-refractivity contribution < 1.29 is 4.79 Å². The predicted octanol–water partition coefficient (Wildman–Crippen LogP) is 4.98. The number of hydrogen-bond acceptors (Lipinski definition) is 4. The Morgan fingerprint density at radius 2 is 1.96 bits per heavy atom. The van der Waals surface area contributed by atoms with Crippen LogP contribution in [-0.2, 0) is 19.4 Å². The van der Waals surface area contributed by atoms with Gasteiger partial charge in [-0.2, -0.15) is 0 Å². The Balaban J connectivity index is 1.57. The molecule has 5 heteroatoms. The zero-order valence-electron chi connectivity index (χ0n) is 16.0. The molecule has 3 aromatic rings. The Hall–Kier alpha value is -2.66. The van der Waals surface area contributed by atoms with Crippen molar-refractivity contribution in [3.8, 4) is 11.4 Å². The first kappa shape index (κ1) is 18.7. The van der Waals surface area contributed by atoms with Gasteiger partial charge in [0.25, 0.3) is 0 Å². The van der Waals surface area contributed by atoms with Crippen LogP contribution < -0.4 is 0 Å². The molecule has 1 heterocycles. The van der Waals surface area contributed by atoms with E-state index < -0.39 is 0 Å². The molecule has 0 saturated carbocycles. The van der Waals surface area contributed by atoms with Crippen molar-refractivity contribution in [2.24, 2.45) is 0 Å². The highest BCUT2D eigenvalue weighted by molar-refractivity contribution is 8.00. The molecule has 4 nitrogen and oxygen atoms in total. The lowest BCUT2D eigenvalue weighted by Gasteiger charge is -2.12. The minimum atomic E-state index is -0.240. The average Bonchev–Trinajstić information content (AvgIpc) is 3.35. The molecule has 0 amide bonds. The lowest BCUT2D eigenvalue weighted by Crippen LogP contribution is -2.15. The van der Waals surface area contributed by atoms with Crippen molar-refractivity contribution in [3.63, 3.8) is 0 Å². The second-order valence-electron chi connectivity index (χ2n) is 7.03. The number of aryl methyl sites for hydroxylation is 2. The van der Waals surface area contributed by atoms with Crippen LogP contribution in [0.15, 0.2) is 66.3 Å². The fraction of sp³-hybridized carbons (Fsp3) is 0.261. The molecule has 1 atom stereocenters. The number of allylic oxidation sites excluding steroid dienone is 1. The van der Waals surface area contributed by atoms with Crippen molar-refractivity contribution in [3.05, 3.63) is 77.9 Å². The van der Waals surface area contributed by atoms with Crippen LogP contribution in [0.1, 0.15) is 34.8 Å². The van der Waals surface area contributed by atoms with E-state index in [1.165, 1.54) is 29.3 Å². The van der Waals surface area contributed by atoms with Crippen LogP contribution in [0.4, 0.5) is 0 Å². The standard InChI is InChI=1S/C23H23N3OS/c1-3-14-26-22(18-8-5-4-6-9-18)24-25-23(26)28-16(2)21(27)20-13-12-17-10-7-11-19(17)15-20/h3-6,8-9,12-13,15-16H,1,7,10-11,14H2,2H3. The molecule has 1 aliphatic rings. The van der Waals surface area contributed by atoms with E-state index in [4.69, 9.17) is 0 Å². The predicted molar refractivity (Wildman–Crippen MR) is 114 cm³/mol. The lowest BCUT2D eigenvalue weighted by molar-refractivity contribution is 0.0993. The molecule has 0 bridgehead atoms. The third-order valence-electron chi connectivity index (χ3n) is 5.09. The number of thioether (sulfide) groups is 1. The van der Waals surface area contributed by atoms with Gasteiger partial charge in [-0.05, 0) is 43.4 Å². The molecule has 4 rings (SSSR count). The molecule has 0 saturated heterocycles. The van der Waals surface area contributed by atoms with Crippen molar-refractivity contribution in [1.82, 2.24) is 14.8 Å². The number of carbonyl (C=O) groups is 1. The van der Waals surface area contributed by atoms with Crippen LogP contribution in [0.25, 0.3) is 11.4 Å². The van der Waals surface area contributed by atoms with E-state index in [1.54, 1.807) is 0 Å². The summed E-state index contributed by atoms with van der Waals surface area (Å²) in [7, 11) is 0. The average molecular weight is 390 g/mol. The normalized spacial score (nSPS) is 13.9. The topological polar surface area (TPSA) is 47.8 Å². The first-order chi connectivity index (χ1) is 13.7. The van der Waals surface area contributed by atoms with E-state index in [9.17, 15) is 4.79 Å². The lowest BCUT2D eigenvalue weighted by atomic mass is 10.0. The Morgan fingerprint density at radius 3 is 2.75 bits per heavy atom. The quantitative estimate of drug-likeness (QED) is 0.325. The van der Waals surface area contributed by atoms with Crippen molar-refractivity contribution >= 4 is 17.5 Å². The smallest absolute Gasteiger partial charge is 0.192 e. The van der Waals surface area contributed by atoms with E-state index >= 15 is 0 Å². The van der Waals surface area contributed by atoms with Gasteiger partial charge in [-0.3, -0.25) is 9.36 Å². The zero-order chi connectivity index (χ0) is 19.5. The number of carbonyl (C=O) groups excluding carboxylic acids is 1. The summed E-state index contributed by atoms with van der Waals surface area (Å²) in [5.41, 5.74) is 4.50. The van der Waals surface area contributed by atoms with Gasteiger partial charge in [-0.15, -0.1) is 16.8 Å². The summed E-state index contributed by atoms with van der Waals surface area (Å²) in [5, 5.41) is 9.23. The van der Waals surface area contributed by atoms with E-state index in [0.717, 1.165) is 34.9 Å². The molecule has 1 unspecified atom stereocenters. The number of nitrogens with zero attached hydrogens (tertiary/aromatic N) is 3. The molecule has 0 radical (unpaired) electrons. The van der Waals surface area contributed by atoms with Gasteiger partial charge in [0, 0.05) is 17.7 Å². The third kappa shape index (κ3) is 3.67. The molecule has 142 valence electrons. The van der Waals surface area contributed by atoms with Gasteiger partial charge in [0.15, 0.2) is 16.8 Å². The molecule has 1 aliphatic carbocycles. The highest BCUT2D eigenvalue weighted by Crippen LogP contribution is 2.30. The van der Waals surface area contributed by atoms with E-state index in [2.05, 4.69) is 28.9 Å². The van der Waals surface area contributed by atoms with Crippen LogP contribution >= 0.6 is 11.8 Å². The maximum atomic E-state index is 13.0. The van der Waals surface area contributed by atoms with Gasteiger partial charge < -0.3 is 0 Å². The van der Waals surface area contributed by atoms with Crippen LogP contribution in [0.2, 0.25) is 0 Å². The molecule has 0 fully saturated rings. The Labute approximate surface area is 169 Å². The number of hydrogen-bond donors (Lipinski definition) is 0. The van der Waals surface area contributed by atoms with Gasteiger partial charge in [0.2, 0.25) is 0 Å². The zero-order valence-corrected chi connectivity index (χ0v) is 16.8. The Morgan fingerprint density at radius 1 is 1.18 bits per heavy atom. The summed E-state index contributed by atoms with van der Waals surface area (Å²) < 4.78 is 2.01. The second kappa shape index (κ2) is 8.15. The maximum absolute atomic E-state index is 13.0. The number of ketones is 1. The molecule has 28 heavy (non-hydrogen) atoms. The first-order valence-corrected chi connectivity index (χ1v) is 10.5. The third-order valence-corrected chi connectivity index (χ3v) is 6.18. The fourth-order valence-corrected chi connectivity index (χ4v) is 4.58. The maximum Gasteiger partial charge on any atom is 0.192 e. The Bertz CT molecular complexity index is 1010. The summed E-state index contributed by atoms with van der Waals surface area (Å²) in [4.78, 5) is 13.0. The summed E-state index contributed by atoms with van der Waals surface area (Å²) in [6.45, 7) is 6.39. The minimum absolute atomic E-state index is 0.133.